The first-order valence-electron chi connectivity index (χ1n) is 9.98. The molecule has 0 spiro atoms. The molecule has 164 valence electrons. The number of hydrogen-bond donors (Lipinski definition) is 0. The lowest BCUT2D eigenvalue weighted by Gasteiger charge is -2.26. The molecule has 31 heavy (non-hydrogen) atoms. The fourth-order valence-electron chi connectivity index (χ4n) is 3.90. The molecule has 0 amide bonds. The van der Waals surface area contributed by atoms with E-state index >= 15 is 0 Å². The first-order chi connectivity index (χ1) is 14.8. The van der Waals surface area contributed by atoms with Gasteiger partial charge in [-0.1, -0.05) is 29.8 Å². The van der Waals surface area contributed by atoms with Gasteiger partial charge in [0.15, 0.2) is 9.84 Å². The standard InChI is InChI=1S/C22H22BrClN2O4S/c1-2-30-22(27)21-17(14-25-8-10-31(28,29)11-9-25)16-12-18(23)19(24)13-20(16)26(21)15-6-4-3-5-7-15/h3-7,12-13H,2,8-11,14H2,1H3. The lowest BCUT2D eigenvalue weighted by atomic mass is 10.1. The minimum Gasteiger partial charge on any atom is -0.461 e. The highest BCUT2D eigenvalue weighted by Crippen LogP contribution is 2.36. The number of ether oxygens (including phenoxy) is 1. The molecule has 0 radical (unpaired) electrons. The van der Waals surface area contributed by atoms with Crippen LogP contribution in [0.15, 0.2) is 46.9 Å². The summed E-state index contributed by atoms with van der Waals surface area (Å²) in [6, 6.07) is 13.3. The highest BCUT2D eigenvalue weighted by Gasteiger charge is 2.29. The van der Waals surface area contributed by atoms with E-state index in [9.17, 15) is 13.2 Å². The lowest BCUT2D eigenvalue weighted by molar-refractivity contribution is 0.0515. The Morgan fingerprint density at radius 2 is 1.84 bits per heavy atom. The summed E-state index contributed by atoms with van der Waals surface area (Å²) in [7, 11) is -3.00. The summed E-state index contributed by atoms with van der Waals surface area (Å²) in [4.78, 5) is 15.2. The van der Waals surface area contributed by atoms with Crippen LogP contribution < -0.4 is 0 Å². The Morgan fingerprint density at radius 1 is 1.16 bits per heavy atom. The van der Waals surface area contributed by atoms with Gasteiger partial charge in [0.05, 0.1) is 28.7 Å². The average Bonchev–Trinajstić information content (AvgIpc) is 3.04. The molecule has 0 atom stereocenters. The Bertz CT molecular complexity index is 1230. The van der Waals surface area contributed by atoms with Gasteiger partial charge in [0.25, 0.3) is 0 Å². The van der Waals surface area contributed by atoms with Crippen molar-refractivity contribution in [1.29, 1.82) is 0 Å². The molecule has 1 fully saturated rings. The number of fused-ring (bicyclic) bond motifs is 1. The Labute approximate surface area is 194 Å². The number of para-hydroxylation sites is 1. The fraction of sp³-hybridized carbons (Fsp3) is 0.318. The van der Waals surface area contributed by atoms with E-state index in [0.717, 1.165) is 26.6 Å². The van der Waals surface area contributed by atoms with Crippen molar-refractivity contribution in [3.8, 4) is 5.69 Å². The molecule has 3 aromatic rings. The Morgan fingerprint density at radius 3 is 2.48 bits per heavy atom. The number of rotatable bonds is 5. The number of carbonyl (C=O) groups excluding carboxylic acids is 1. The minimum atomic E-state index is -3.00. The molecule has 0 saturated carbocycles. The molecule has 1 aliphatic heterocycles. The highest BCUT2D eigenvalue weighted by atomic mass is 79.9. The van der Waals surface area contributed by atoms with Crippen molar-refractivity contribution in [3.05, 3.63) is 63.2 Å². The SMILES string of the molecule is CCOC(=O)c1c(CN2CCS(=O)(=O)CC2)c2cc(Br)c(Cl)cc2n1-c1ccccc1. The fourth-order valence-corrected chi connectivity index (χ4v) is 5.68. The second-order valence-electron chi connectivity index (χ2n) is 7.43. The zero-order valence-corrected chi connectivity index (χ0v) is 20.1. The van der Waals surface area contributed by atoms with Gasteiger partial charge in [0, 0.05) is 40.7 Å². The maximum absolute atomic E-state index is 13.1. The molecule has 9 heteroatoms. The minimum absolute atomic E-state index is 0.120. The van der Waals surface area contributed by atoms with Gasteiger partial charge in [-0.15, -0.1) is 0 Å². The summed E-state index contributed by atoms with van der Waals surface area (Å²) in [5, 5.41) is 1.41. The van der Waals surface area contributed by atoms with Gasteiger partial charge in [-0.05, 0) is 47.1 Å². The van der Waals surface area contributed by atoms with E-state index in [1.54, 1.807) is 6.92 Å². The third-order valence-corrected chi connectivity index (χ3v) is 8.22. The van der Waals surface area contributed by atoms with E-state index in [4.69, 9.17) is 16.3 Å². The number of nitrogens with zero attached hydrogens (tertiary/aromatic N) is 2. The summed E-state index contributed by atoms with van der Waals surface area (Å²) < 4.78 is 31.8. The number of halogens is 2. The topological polar surface area (TPSA) is 68.6 Å². The molecule has 0 bridgehead atoms. The van der Waals surface area contributed by atoms with Crippen LogP contribution in [0.3, 0.4) is 0 Å². The quantitative estimate of drug-likeness (QED) is 0.460. The zero-order valence-electron chi connectivity index (χ0n) is 17.0. The summed E-state index contributed by atoms with van der Waals surface area (Å²) in [6.45, 7) is 3.32. The largest absolute Gasteiger partial charge is 0.461 e. The van der Waals surface area contributed by atoms with Crippen LogP contribution in [0.1, 0.15) is 23.0 Å². The third-order valence-electron chi connectivity index (χ3n) is 5.42. The summed E-state index contributed by atoms with van der Waals surface area (Å²) in [5.41, 5.74) is 2.85. The van der Waals surface area contributed by atoms with Gasteiger partial charge < -0.3 is 9.30 Å². The zero-order chi connectivity index (χ0) is 22.2. The van der Waals surface area contributed by atoms with Gasteiger partial charge in [-0.25, -0.2) is 13.2 Å². The first kappa shape index (κ1) is 22.3. The van der Waals surface area contributed by atoms with Crippen LogP contribution in [-0.4, -0.2) is 55.1 Å². The third kappa shape index (κ3) is 4.53. The van der Waals surface area contributed by atoms with Crippen LogP contribution in [0.2, 0.25) is 5.02 Å². The number of hydrogen-bond acceptors (Lipinski definition) is 5. The van der Waals surface area contributed by atoms with Crippen molar-refractivity contribution in [2.24, 2.45) is 0 Å². The van der Waals surface area contributed by atoms with Gasteiger partial charge in [0.1, 0.15) is 5.69 Å². The Kier molecular flexibility index (Phi) is 6.44. The van der Waals surface area contributed by atoms with Crippen LogP contribution in [0.4, 0.5) is 0 Å². The van der Waals surface area contributed by atoms with E-state index in [1.165, 1.54) is 0 Å². The molecule has 4 rings (SSSR count). The van der Waals surface area contributed by atoms with E-state index in [1.807, 2.05) is 47.0 Å². The van der Waals surface area contributed by atoms with E-state index in [-0.39, 0.29) is 18.1 Å². The smallest absolute Gasteiger partial charge is 0.355 e. The number of aromatic nitrogens is 1. The van der Waals surface area contributed by atoms with Crippen molar-refractivity contribution in [2.75, 3.05) is 31.2 Å². The molecular formula is C22H22BrClN2O4S. The molecular weight excluding hydrogens is 504 g/mol. The molecule has 6 nitrogen and oxygen atoms in total. The summed E-state index contributed by atoms with van der Waals surface area (Å²) in [6.07, 6.45) is 0. The summed E-state index contributed by atoms with van der Waals surface area (Å²) in [5.74, 6) is -0.183. The van der Waals surface area contributed by atoms with Gasteiger partial charge in [-0.2, -0.15) is 0 Å². The number of carbonyl (C=O) groups is 1. The van der Waals surface area contributed by atoms with Crippen LogP contribution in [0, 0.1) is 0 Å². The molecule has 0 unspecified atom stereocenters. The maximum atomic E-state index is 13.1. The van der Waals surface area contributed by atoms with Crippen molar-refractivity contribution in [3.63, 3.8) is 0 Å². The normalized spacial score (nSPS) is 16.5. The lowest BCUT2D eigenvalue weighted by Crippen LogP contribution is -2.40. The first-order valence-corrected chi connectivity index (χ1v) is 13.0. The molecule has 1 aromatic heterocycles. The van der Waals surface area contributed by atoms with Gasteiger partial charge >= 0.3 is 5.97 Å². The molecule has 2 heterocycles. The van der Waals surface area contributed by atoms with E-state index in [0.29, 0.717) is 30.4 Å². The summed E-state index contributed by atoms with van der Waals surface area (Å²) >= 11 is 9.92. The van der Waals surface area contributed by atoms with E-state index < -0.39 is 15.8 Å². The van der Waals surface area contributed by atoms with Crippen LogP contribution in [-0.2, 0) is 21.1 Å². The van der Waals surface area contributed by atoms with Crippen LogP contribution >= 0.6 is 27.5 Å². The molecule has 2 aromatic carbocycles. The predicted molar refractivity (Wildman–Crippen MR) is 126 cm³/mol. The molecule has 1 saturated heterocycles. The van der Waals surface area contributed by atoms with Crippen molar-refractivity contribution < 1.29 is 17.9 Å². The molecule has 0 N–H and O–H groups in total. The van der Waals surface area contributed by atoms with Crippen LogP contribution in [0.25, 0.3) is 16.6 Å². The highest BCUT2D eigenvalue weighted by molar-refractivity contribution is 9.10. The van der Waals surface area contributed by atoms with Gasteiger partial charge in [-0.3, -0.25) is 4.90 Å². The number of esters is 1. The second kappa shape index (κ2) is 8.94. The van der Waals surface area contributed by atoms with Gasteiger partial charge in [0.2, 0.25) is 0 Å². The molecule has 1 aliphatic rings. The average molecular weight is 526 g/mol. The maximum Gasteiger partial charge on any atom is 0.355 e. The van der Waals surface area contributed by atoms with Crippen molar-refractivity contribution in [1.82, 2.24) is 9.47 Å². The monoisotopic (exact) mass is 524 g/mol. The predicted octanol–water partition coefficient (Wildman–Crippen LogP) is 4.45. The van der Waals surface area contributed by atoms with Crippen LogP contribution in [0.5, 0.6) is 0 Å². The Balaban J connectivity index is 1.93. The Hall–Kier alpha value is -1.87. The number of benzene rings is 2. The van der Waals surface area contributed by atoms with Crippen molar-refractivity contribution in [2.45, 2.75) is 13.5 Å². The molecule has 0 aliphatic carbocycles. The van der Waals surface area contributed by atoms with Crippen molar-refractivity contribution >= 4 is 54.2 Å². The van der Waals surface area contributed by atoms with E-state index in [2.05, 4.69) is 20.8 Å². The number of sulfone groups is 1. The second-order valence-corrected chi connectivity index (χ2v) is 11.0.